The zero-order valence-corrected chi connectivity index (χ0v) is 12.6. The highest BCUT2D eigenvalue weighted by atomic mass is 16.4. The van der Waals surface area contributed by atoms with Crippen LogP contribution in [0.3, 0.4) is 0 Å². The summed E-state index contributed by atoms with van der Waals surface area (Å²) in [7, 11) is 0. The third-order valence-corrected chi connectivity index (χ3v) is 4.58. The molecule has 0 aromatic carbocycles. The number of unbranched alkanes of at least 4 members (excludes halogenated alkanes) is 1. The minimum Gasteiger partial charge on any atom is -0.481 e. The van der Waals surface area contributed by atoms with E-state index in [0.717, 1.165) is 44.9 Å². The van der Waals surface area contributed by atoms with Gasteiger partial charge in [-0.25, -0.2) is 0 Å². The molecule has 1 saturated carbocycles. The van der Waals surface area contributed by atoms with Crippen molar-refractivity contribution in [2.75, 3.05) is 0 Å². The van der Waals surface area contributed by atoms with Crippen LogP contribution < -0.4 is 0 Å². The third-order valence-electron chi connectivity index (χ3n) is 4.58. The fourth-order valence-electron chi connectivity index (χ4n) is 3.28. The maximum absolute atomic E-state index is 11.6. The van der Waals surface area contributed by atoms with Gasteiger partial charge in [-0.3, -0.25) is 4.79 Å². The number of carboxylic acid groups (broad SMARTS) is 1. The van der Waals surface area contributed by atoms with Crippen LogP contribution in [-0.4, -0.2) is 11.1 Å². The van der Waals surface area contributed by atoms with Crippen molar-refractivity contribution in [3.63, 3.8) is 0 Å². The second-order valence-electron chi connectivity index (χ2n) is 7.25. The summed E-state index contributed by atoms with van der Waals surface area (Å²) in [6.07, 6.45) is 8.56. The second-order valence-corrected chi connectivity index (χ2v) is 7.25. The van der Waals surface area contributed by atoms with Crippen molar-refractivity contribution < 1.29 is 9.90 Å². The summed E-state index contributed by atoms with van der Waals surface area (Å²) < 4.78 is 0. The number of aliphatic carboxylic acids is 1. The van der Waals surface area contributed by atoms with Crippen molar-refractivity contribution >= 4 is 5.97 Å². The number of carboxylic acids is 1. The van der Waals surface area contributed by atoms with E-state index in [9.17, 15) is 9.90 Å². The van der Waals surface area contributed by atoms with Crippen LogP contribution in [0.1, 0.15) is 79.1 Å². The Labute approximate surface area is 112 Å². The second kappa shape index (κ2) is 6.08. The number of hydrogen-bond donors (Lipinski definition) is 1. The minimum absolute atomic E-state index is 0.367. The predicted molar refractivity (Wildman–Crippen MR) is 75.6 cm³/mol. The van der Waals surface area contributed by atoms with Crippen molar-refractivity contribution in [1.29, 1.82) is 0 Å². The van der Waals surface area contributed by atoms with Gasteiger partial charge in [-0.2, -0.15) is 0 Å². The van der Waals surface area contributed by atoms with E-state index < -0.39 is 5.97 Å². The molecule has 0 aromatic heterocycles. The quantitative estimate of drug-likeness (QED) is 0.658. The topological polar surface area (TPSA) is 37.3 Å². The van der Waals surface area contributed by atoms with Gasteiger partial charge in [0.25, 0.3) is 0 Å². The molecule has 2 unspecified atom stereocenters. The first-order valence-corrected chi connectivity index (χ1v) is 7.55. The van der Waals surface area contributed by atoms with Gasteiger partial charge in [0.2, 0.25) is 0 Å². The minimum atomic E-state index is -0.539. The summed E-state index contributed by atoms with van der Waals surface area (Å²) in [4.78, 5) is 11.6. The molecule has 1 aliphatic rings. The van der Waals surface area contributed by atoms with Gasteiger partial charge in [-0.15, -0.1) is 0 Å². The Morgan fingerprint density at radius 1 is 1.33 bits per heavy atom. The third kappa shape index (κ3) is 3.73. The molecule has 0 amide bonds. The Kier molecular flexibility index (Phi) is 5.24. The van der Waals surface area contributed by atoms with Crippen molar-refractivity contribution in [3.8, 4) is 0 Å². The van der Waals surface area contributed by atoms with Crippen LogP contribution in [0.5, 0.6) is 0 Å². The van der Waals surface area contributed by atoms with Gasteiger partial charge in [0.15, 0.2) is 0 Å². The van der Waals surface area contributed by atoms with E-state index in [1.165, 1.54) is 6.42 Å². The lowest BCUT2D eigenvalue weighted by atomic mass is 9.56. The lowest BCUT2D eigenvalue weighted by Gasteiger charge is -2.46. The van der Waals surface area contributed by atoms with Crippen LogP contribution in [0.15, 0.2) is 0 Å². The van der Waals surface area contributed by atoms with Gasteiger partial charge in [-0.1, -0.05) is 47.0 Å². The molecule has 2 nitrogen and oxygen atoms in total. The van der Waals surface area contributed by atoms with Crippen LogP contribution >= 0.6 is 0 Å². The normalized spacial score (nSPS) is 27.9. The molecular formula is C16H30O2. The van der Waals surface area contributed by atoms with Crippen molar-refractivity contribution in [1.82, 2.24) is 0 Å². The van der Waals surface area contributed by atoms with E-state index in [4.69, 9.17) is 0 Å². The lowest BCUT2D eigenvalue weighted by molar-refractivity contribution is -0.162. The molecule has 0 radical (unpaired) electrons. The summed E-state index contributed by atoms with van der Waals surface area (Å²) in [6, 6.07) is 0. The van der Waals surface area contributed by atoms with Crippen LogP contribution in [-0.2, 0) is 4.79 Å². The highest BCUT2D eigenvalue weighted by Crippen LogP contribution is 2.52. The first kappa shape index (κ1) is 15.5. The molecule has 2 heteroatoms. The molecule has 0 aliphatic heterocycles. The zero-order chi connectivity index (χ0) is 13.8. The molecule has 0 bridgehead atoms. The van der Waals surface area contributed by atoms with E-state index >= 15 is 0 Å². The molecule has 0 aromatic rings. The molecule has 106 valence electrons. The largest absolute Gasteiger partial charge is 0.481 e. The highest BCUT2D eigenvalue weighted by Gasteiger charge is 2.51. The standard InChI is InChI=1S/C16H30O2/c1-5-8-13-9-12-16(13,14(17)18)11-7-6-10-15(2,3)4/h13H,5-12H2,1-4H3,(H,17,18). The molecule has 1 fully saturated rings. The SMILES string of the molecule is CCCC1CCC1(CCCCC(C)(C)C)C(=O)O. The van der Waals surface area contributed by atoms with Gasteiger partial charge >= 0.3 is 5.97 Å². The number of carbonyl (C=O) groups is 1. The Morgan fingerprint density at radius 2 is 2.00 bits per heavy atom. The summed E-state index contributed by atoms with van der Waals surface area (Å²) in [6.45, 7) is 8.92. The molecule has 1 rings (SSSR count). The summed E-state index contributed by atoms with van der Waals surface area (Å²) in [5.74, 6) is -0.0994. The Bertz CT molecular complexity index is 277. The zero-order valence-electron chi connectivity index (χ0n) is 12.6. The number of hydrogen-bond acceptors (Lipinski definition) is 1. The molecule has 18 heavy (non-hydrogen) atoms. The van der Waals surface area contributed by atoms with Crippen LogP contribution in [0.2, 0.25) is 0 Å². The molecule has 0 saturated heterocycles. The summed E-state index contributed by atoms with van der Waals surface area (Å²) >= 11 is 0. The predicted octanol–water partition coefficient (Wildman–Crippen LogP) is 4.87. The van der Waals surface area contributed by atoms with Gasteiger partial charge in [0.1, 0.15) is 0 Å². The van der Waals surface area contributed by atoms with E-state index in [0.29, 0.717) is 11.3 Å². The van der Waals surface area contributed by atoms with Crippen molar-refractivity contribution in [2.45, 2.75) is 79.1 Å². The van der Waals surface area contributed by atoms with Gasteiger partial charge in [-0.05, 0) is 43.4 Å². The summed E-state index contributed by atoms with van der Waals surface area (Å²) in [5.41, 5.74) is 0.00666. The van der Waals surface area contributed by atoms with E-state index in [2.05, 4.69) is 27.7 Å². The Balaban J connectivity index is 2.42. The fraction of sp³-hybridized carbons (Fsp3) is 0.938. The monoisotopic (exact) mass is 254 g/mol. The average molecular weight is 254 g/mol. The smallest absolute Gasteiger partial charge is 0.309 e. The van der Waals surface area contributed by atoms with Crippen LogP contribution in [0.25, 0.3) is 0 Å². The Hall–Kier alpha value is -0.530. The average Bonchev–Trinajstić information content (AvgIpc) is 2.22. The molecular weight excluding hydrogens is 224 g/mol. The molecule has 0 spiro atoms. The van der Waals surface area contributed by atoms with Gasteiger partial charge in [0.05, 0.1) is 5.41 Å². The molecule has 2 atom stereocenters. The highest BCUT2D eigenvalue weighted by molar-refractivity contribution is 5.76. The first-order valence-electron chi connectivity index (χ1n) is 7.55. The van der Waals surface area contributed by atoms with Crippen LogP contribution in [0.4, 0.5) is 0 Å². The van der Waals surface area contributed by atoms with E-state index in [-0.39, 0.29) is 5.41 Å². The van der Waals surface area contributed by atoms with Crippen molar-refractivity contribution in [2.24, 2.45) is 16.7 Å². The van der Waals surface area contributed by atoms with E-state index in [1.54, 1.807) is 0 Å². The maximum atomic E-state index is 11.6. The maximum Gasteiger partial charge on any atom is 0.309 e. The van der Waals surface area contributed by atoms with Crippen LogP contribution in [0, 0.1) is 16.7 Å². The summed E-state index contributed by atoms with van der Waals surface area (Å²) in [5, 5.41) is 9.54. The number of rotatable bonds is 7. The van der Waals surface area contributed by atoms with Crippen molar-refractivity contribution in [3.05, 3.63) is 0 Å². The molecule has 0 heterocycles. The van der Waals surface area contributed by atoms with E-state index in [1.807, 2.05) is 0 Å². The molecule has 1 N–H and O–H groups in total. The Morgan fingerprint density at radius 3 is 2.39 bits per heavy atom. The first-order chi connectivity index (χ1) is 8.32. The molecule has 1 aliphatic carbocycles. The van der Waals surface area contributed by atoms with Gasteiger partial charge < -0.3 is 5.11 Å². The fourth-order valence-corrected chi connectivity index (χ4v) is 3.28. The van der Waals surface area contributed by atoms with Gasteiger partial charge in [0, 0.05) is 0 Å². The lowest BCUT2D eigenvalue weighted by Crippen LogP contribution is -2.46.